The van der Waals surface area contributed by atoms with E-state index in [1.54, 1.807) is 12.0 Å². The number of hydrogen-bond donors (Lipinski definition) is 1. The number of nitrogens with zero attached hydrogens (tertiary/aromatic N) is 2. The van der Waals surface area contributed by atoms with Crippen molar-refractivity contribution in [3.05, 3.63) is 65.7 Å². The molecule has 2 aromatic rings. The Morgan fingerprint density at radius 2 is 1.70 bits per heavy atom. The molecule has 2 aliphatic rings. The van der Waals surface area contributed by atoms with Crippen molar-refractivity contribution >= 4 is 11.8 Å². The number of nitrogens with one attached hydrogen (secondary N) is 1. The standard InChI is InChI=1S/C27H35N3O3/c1-33-23-14-12-22(13-15-23)25(29-16-6-3-7-17-29)20-28-27(32)24-11-8-18-30(24)26(31)19-21-9-4-2-5-10-21/h2,4-5,9-10,12-15,24-25H,3,6-8,11,16-20H2,1H3,(H,28,32). The Kier molecular flexibility index (Phi) is 8.00. The summed E-state index contributed by atoms with van der Waals surface area (Å²) in [5.41, 5.74) is 2.17. The van der Waals surface area contributed by atoms with E-state index in [-0.39, 0.29) is 23.9 Å². The van der Waals surface area contributed by atoms with Gasteiger partial charge in [-0.1, -0.05) is 48.9 Å². The van der Waals surface area contributed by atoms with Crippen LogP contribution in [0.15, 0.2) is 54.6 Å². The van der Waals surface area contributed by atoms with Gasteiger partial charge in [-0.3, -0.25) is 14.5 Å². The molecule has 2 aliphatic heterocycles. The number of piperidine rings is 1. The van der Waals surface area contributed by atoms with Crippen molar-refractivity contribution in [3.8, 4) is 5.75 Å². The monoisotopic (exact) mass is 449 g/mol. The maximum Gasteiger partial charge on any atom is 0.242 e. The van der Waals surface area contributed by atoms with Crippen LogP contribution >= 0.6 is 0 Å². The lowest BCUT2D eigenvalue weighted by atomic mass is 10.0. The summed E-state index contributed by atoms with van der Waals surface area (Å²) in [4.78, 5) is 30.4. The molecule has 33 heavy (non-hydrogen) atoms. The lowest BCUT2D eigenvalue weighted by molar-refractivity contribution is -0.138. The van der Waals surface area contributed by atoms with E-state index in [2.05, 4.69) is 22.3 Å². The molecule has 2 atom stereocenters. The van der Waals surface area contributed by atoms with E-state index in [1.807, 2.05) is 42.5 Å². The summed E-state index contributed by atoms with van der Waals surface area (Å²) in [5.74, 6) is 0.824. The fourth-order valence-corrected chi connectivity index (χ4v) is 5.04. The molecule has 1 N–H and O–H groups in total. The Balaban J connectivity index is 1.40. The molecule has 2 aromatic carbocycles. The van der Waals surface area contributed by atoms with Gasteiger partial charge in [0, 0.05) is 13.1 Å². The van der Waals surface area contributed by atoms with Gasteiger partial charge >= 0.3 is 0 Å². The van der Waals surface area contributed by atoms with E-state index in [4.69, 9.17) is 4.74 Å². The van der Waals surface area contributed by atoms with Gasteiger partial charge in [0.25, 0.3) is 0 Å². The predicted molar refractivity (Wildman–Crippen MR) is 129 cm³/mol. The number of carbonyl (C=O) groups is 2. The van der Waals surface area contributed by atoms with Crippen LogP contribution in [0.2, 0.25) is 0 Å². The lowest BCUT2D eigenvalue weighted by Crippen LogP contribution is -2.48. The van der Waals surface area contributed by atoms with Crippen LogP contribution in [0, 0.1) is 0 Å². The number of hydrogen-bond acceptors (Lipinski definition) is 4. The lowest BCUT2D eigenvalue weighted by Gasteiger charge is -2.35. The third-order valence-electron chi connectivity index (χ3n) is 6.88. The highest BCUT2D eigenvalue weighted by molar-refractivity contribution is 5.89. The van der Waals surface area contributed by atoms with Crippen molar-refractivity contribution < 1.29 is 14.3 Å². The third kappa shape index (κ3) is 5.93. The minimum Gasteiger partial charge on any atom is -0.497 e. The number of benzene rings is 2. The molecule has 2 amide bonds. The molecule has 6 heteroatoms. The first kappa shape index (κ1) is 23.3. The molecule has 0 saturated carbocycles. The fraction of sp³-hybridized carbons (Fsp3) is 0.481. The van der Waals surface area contributed by atoms with E-state index in [1.165, 1.54) is 24.8 Å². The van der Waals surface area contributed by atoms with Gasteiger partial charge in [0.1, 0.15) is 11.8 Å². The maximum atomic E-state index is 13.2. The quantitative estimate of drug-likeness (QED) is 0.669. The van der Waals surface area contributed by atoms with E-state index in [0.29, 0.717) is 19.5 Å². The van der Waals surface area contributed by atoms with Crippen molar-refractivity contribution in [1.82, 2.24) is 15.1 Å². The van der Waals surface area contributed by atoms with Crippen LogP contribution in [0.1, 0.15) is 49.3 Å². The molecule has 0 spiro atoms. The predicted octanol–water partition coefficient (Wildman–Crippen LogP) is 3.57. The Morgan fingerprint density at radius 3 is 2.39 bits per heavy atom. The normalized spacial score (nSPS) is 19.8. The van der Waals surface area contributed by atoms with Crippen molar-refractivity contribution in [2.45, 2.75) is 50.6 Å². The first-order valence-electron chi connectivity index (χ1n) is 12.1. The number of rotatable bonds is 8. The molecular weight excluding hydrogens is 414 g/mol. The summed E-state index contributed by atoms with van der Waals surface area (Å²) in [6.45, 7) is 3.27. The van der Waals surface area contributed by atoms with Crippen LogP contribution in [0.25, 0.3) is 0 Å². The third-order valence-corrected chi connectivity index (χ3v) is 6.88. The van der Waals surface area contributed by atoms with E-state index in [0.717, 1.165) is 37.2 Å². The summed E-state index contributed by atoms with van der Waals surface area (Å²) in [6, 6.07) is 17.6. The van der Waals surface area contributed by atoms with Gasteiger partial charge in [-0.15, -0.1) is 0 Å². The first-order chi connectivity index (χ1) is 16.2. The average molecular weight is 450 g/mol. The first-order valence-corrected chi connectivity index (χ1v) is 12.1. The minimum absolute atomic E-state index is 0.0292. The maximum absolute atomic E-state index is 13.2. The molecule has 0 aliphatic carbocycles. The number of carbonyl (C=O) groups excluding carboxylic acids is 2. The fourth-order valence-electron chi connectivity index (χ4n) is 5.04. The number of amides is 2. The van der Waals surface area contributed by atoms with Gasteiger partial charge in [-0.2, -0.15) is 0 Å². The second-order valence-corrected chi connectivity index (χ2v) is 9.04. The summed E-state index contributed by atoms with van der Waals surface area (Å²) in [5, 5.41) is 3.19. The van der Waals surface area contributed by atoms with Crippen LogP contribution in [0.3, 0.4) is 0 Å². The Bertz CT molecular complexity index is 910. The van der Waals surface area contributed by atoms with Crippen molar-refractivity contribution in [2.24, 2.45) is 0 Å². The molecule has 2 unspecified atom stereocenters. The molecule has 2 saturated heterocycles. The van der Waals surface area contributed by atoms with Crippen molar-refractivity contribution in [2.75, 3.05) is 33.3 Å². The van der Waals surface area contributed by atoms with Gasteiger partial charge in [0.15, 0.2) is 0 Å². The SMILES string of the molecule is COc1ccc(C(CNC(=O)C2CCCN2C(=O)Cc2ccccc2)N2CCCCC2)cc1. The summed E-state index contributed by atoms with van der Waals surface area (Å²) < 4.78 is 5.32. The molecule has 176 valence electrons. The van der Waals surface area contributed by atoms with E-state index in [9.17, 15) is 9.59 Å². The highest BCUT2D eigenvalue weighted by Crippen LogP contribution is 2.26. The minimum atomic E-state index is -0.376. The van der Waals surface area contributed by atoms with E-state index >= 15 is 0 Å². The van der Waals surface area contributed by atoms with Crippen LogP contribution in [0.4, 0.5) is 0 Å². The summed E-state index contributed by atoms with van der Waals surface area (Å²) in [7, 11) is 1.67. The number of ether oxygens (including phenoxy) is 1. The highest BCUT2D eigenvalue weighted by Gasteiger charge is 2.34. The van der Waals surface area contributed by atoms with Gasteiger partial charge < -0.3 is 15.0 Å². The summed E-state index contributed by atoms with van der Waals surface area (Å²) >= 11 is 0. The molecule has 0 radical (unpaired) electrons. The van der Waals surface area contributed by atoms with Crippen molar-refractivity contribution in [1.29, 1.82) is 0 Å². The largest absolute Gasteiger partial charge is 0.497 e. The summed E-state index contributed by atoms with van der Waals surface area (Å²) in [6.07, 6.45) is 5.57. The van der Waals surface area contributed by atoms with Crippen LogP contribution in [0.5, 0.6) is 5.75 Å². The zero-order valence-corrected chi connectivity index (χ0v) is 19.5. The van der Waals surface area contributed by atoms with Gasteiger partial charge in [0.05, 0.1) is 19.6 Å². The smallest absolute Gasteiger partial charge is 0.242 e. The van der Waals surface area contributed by atoms with Crippen molar-refractivity contribution in [3.63, 3.8) is 0 Å². The molecule has 6 nitrogen and oxygen atoms in total. The Morgan fingerprint density at radius 1 is 0.970 bits per heavy atom. The van der Waals surface area contributed by atoms with Gasteiger partial charge in [-0.25, -0.2) is 0 Å². The van der Waals surface area contributed by atoms with Crippen LogP contribution in [-0.4, -0.2) is 60.9 Å². The average Bonchev–Trinajstić information content (AvgIpc) is 3.36. The molecule has 0 aromatic heterocycles. The zero-order valence-electron chi connectivity index (χ0n) is 19.5. The molecule has 4 rings (SSSR count). The number of methoxy groups -OCH3 is 1. The molecule has 0 bridgehead atoms. The number of likely N-dealkylation sites (tertiary alicyclic amines) is 2. The second-order valence-electron chi connectivity index (χ2n) is 9.04. The molecule has 2 heterocycles. The van der Waals surface area contributed by atoms with E-state index < -0.39 is 0 Å². The second kappa shape index (κ2) is 11.3. The van der Waals surface area contributed by atoms with Gasteiger partial charge in [0.2, 0.25) is 11.8 Å². The topological polar surface area (TPSA) is 61.9 Å². The highest BCUT2D eigenvalue weighted by atomic mass is 16.5. The van der Waals surface area contributed by atoms with Gasteiger partial charge in [-0.05, 0) is 62.0 Å². The Hall–Kier alpha value is -2.86. The Labute approximate surface area is 196 Å². The zero-order chi connectivity index (χ0) is 23.0. The molecule has 2 fully saturated rings. The van der Waals surface area contributed by atoms with Crippen LogP contribution < -0.4 is 10.1 Å². The van der Waals surface area contributed by atoms with Crippen LogP contribution in [-0.2, 0) is 16.0 Å². The molecular formula is C27H35N3O3.